The fourth-order valence-electron chi connectivity index (χ4n) is 3.31. The number of aromatic nitrogens is 2. The van der Waals surface area contributed by atoms with E-state index in [1.165, 1.54) is 18.5 Å². The van der Waals surface area contributed by atoms with Crippen molar-refractivity contribution in [1.29, 1.82) is 0 Å². The monoisotopic (exact) mass is 278 g/mol. The second kappa shape index (κ2) is 6.30. The predicted octanol–water partition coefficient (Wildman–Crippen LogP) is 3.59. The van der Waals surface area contributed by atoms with Gasteiger partial charge >= 0.3 is 0 Å². The minimum atomic E-state index is -0.210. The van der Waals surface area contributed by atoms with Gasteiger partial charge in [0.25, 0.3) is 0 Å². The highest BCUT2D eigenvalue weighted by molar-refractivity contribution is 5.11. The maximum absolute atomic E-state index is 10.6. The zero-order valence-electron chi connectivity index (χ0n) is 13.5. The number of aryl methyl sites for hydroxylation is 2. The van der Waals surface area contributed by atoms with Gasteiger partial charge in [0.2, 0.25) is 0 Å². The van der Waals surface area contributed by atoms with Crippen LogP contribution in [-0.2, 0) is 19.4 Å². The molecule has 2 rings (SSSR count). The molecular weight excluding hydrogens is 248 g/mol. The van der Waals surface area contributed by atoms with Gasteiger partial charge in [0, 0.05) is 18.7 Å². The Bertz CT molecular complexity index is 426. The van der Waals surface area contributed by atoms with Crippen molar-refractivity contribution in [1.82, 2.24) is 9.78 Å². The Kier molecular flexibility index (Phi) is 4.90. The lowest BCUT2D eigenvalue weighted by Gasteiger charge is -2.36. The van der Waals surface area contributed by atoms with E-state index in [0.717, 1.165) is 37.9 Å². The van der Waals surface area contributed by atoms with Crippen molar-refractivity contribution < 1.29 is 5.11 Å². The van der Waals surface area contributed by atoms with Gasteiger partial charge in [-0.25, -0.2) is 0 Å². The molecule has 0 bridgehead atoms. The van der Waals surface area contributed by atoms with Crippen LogP contribution in [-0.4, -0.2) is 21.0 Å². The van der Waals surface area contributed by atoms with Gasteiger partial charge in [-0.1, -0.05) is 20.8 Å². The molecule has 1 fully saturated rings. The van der Waals surface area contributed by atoms with Crippen molar-refractivity contribution in [2.45, 2.75) is 78.9 Å². The fourth-order valence-corrected chi connectivity index (χ4v) is 3.31. The summed E-state index contributed by atoms with van der Waals surface area (Å²) in [6.07, 6.45) is 6.31. The van der Waals surface area contributed by atoms with Crippen LogP contribution in [0.2, 0.25) is 0 Å². The molecule has 1 atom stereocenters. The molecule has 0 radical (unpaired) electrons. The van der Waals surface area contributed by atoms with Crippen molar-refractivity contribution in [3.8, 4) is 0 Å². The molecule has 0 saturated heterocycles. The van der Waals surface area contributed by atoms with Crippen molar-refractivity contribution in [3.63, 3.8) is 0 Å². The summed E-state index contributed by atoms with van der Waals surface area (Å²) in [6, 6.07) is 2.17. The molecule has 20 heavy (non-hydrogen) atoms. The van der Waals surface area contributed by atoms with E-state index in [0.29, 0.717) is 11.3 Å². The van der Waals surface area contributed by atoms with Crippen LogP contribution < -0.4 is 0 Å². The topological polar surface area (TPSA) is 38.0 Å². The fraction of sp³-hybridized carbons (Fsp3) is 0.824. The molecule has 0 amide bonds. The van der Waals surface area contributed by atoms with Crippen molar-refractivity contribution in [2.75, 3.05) is 0 Å². The largest absolute Gasteiger partial charge is 0.392 e. The SMILES string of the molecule is CCc1cc(CC(O)C2CCC(C)(C)CC2)n(CC)n1. The van der Waals surface area contributed by atoms with Crippen molar-refractivity contribution in [3.05, 3.63) is 17.5 Å². The summed E-state index contributed by atoms with van der Waals surface area (Å²) in [4.78, 5) is 0. The average molecular weight is 278 g/mol. The molecule has 0 aliphatic heterocycles. The Morgan fingerprint density at radius 2 is 2.00 bits per heavy atom. The highest BCUT2D eigenvalue weighted by Gasteiger charge is 2.31. The van der Waals surface area contributed by atoms with Gasteiger partial charge in [-0.2, -0.15) is 5.10 Å². The summed E-state index contributed by atoms with van der Waals surface area (Å²) >= 11 is 0. The van der Waals surface area contributed by atoms with Crippen LogP contribution in [0.3, 0.4) is 0 Å². The van der Waals surface area contributed by atoms with Gasteiger partial charge in [-0.15, -0.1) is 0 Å². The maximum Gasteiger partial charge on any atom is 0.0624 e. The highest BCUT2D eigenvalue weighted by atomic mass is 16.3. The molecule has 1 heterocycles. The number of hydrogen-bond donors (Lipinski definition) is 1. The summed E-state index contributed by atoms with van der Waals surface area (Å²) in [5.74, 6) is 0.466. The zero-order valence-corrected chi connectivity index (χ0v) is 13.5. The molecule has 1 saturated carbocycles. The standard InChI is InChI=1S/C17H30N2O/c1-5-14-11-15(19(6-2)18-14)12-16(20)13-7-9-17(3,4)10-8-13/h11,13,16,20H,5-10,12H2,1-4H3. The van der Waals surface area contributed by atoms with Crippen molar-refractivity contribution >= 4 is 0 Å². The van der Waals surface area contributed by atoms with Gasteiger partial charge in [-0.3, -0.25) is 4.68 Å². The van der Waals surface area contributed by atoms with Gasteiger partial charge in [0.15, 0.2) is 0 Å². The second-order valence-corrected chi connectivity index (χ2v) is 7.07. The van der Waals surface area contributed by atoms with E-state index in [2.05, 4.69) is 43.5 Å². The minimum Gasteiger partial charge on any atom is -0.392 e. The molecule has 3 nitrogen and oxygen atoms in total. The number of aliphatic hydroxyl groups excluding tert-OH is 1. The summed E-state index contributed by atoms with van der Waals surface area (Å²) in [7, 11) is 0. The molecule has 1 aliphatic rings. The first-order chi connectivity index (χ1) is 9.45. The maximum atomic E-state index is 10.6. The van der Waals surface area contributed by atoms with Crippen LogP contribution >= 0.6 is 0 Å². The van der Waals surface area contributed by atoms with Crippen LogP contribution in [0, 0.1) is 11.3 Å². The highest BCUT2D eigenvalue weighted by Crippen LogP contribution is 2.39. The van der Waals surface area contributed by atoms with E-state index < -0.39 is 0 Å². The van der Waals surface area contributed by atoms with Crippen LogP contribution in [0.25, 0.3) is 0 Å². The first-order valence-corrected chi connectivity index (χ1v) is 8.19. The molecule has 0 aromatic carbocycles. The van der Waals surface area contributed by atoms with E-state index in [-0.39, 0.29) is 6.10 Å². The van der Waals surface area contributed by atoms with E-state index in [4.69, 9.17) is 0 Å². The smallest absolute Gasteiger partial charge is 0.0624 e. The Hall–Kier alpha value is -0.830. The number of hydrogen-bond acceptors (Lipinski definition) is 2. The Labute approximate surface area is 123 Å². The van der Waals surface area contributed by atoms with Crippen LogP contribution in [0.15, 0.2) is 6.07 Å². The Morgan fingerprint density at radius 3 is 2.55 bits per heavy atom. The van der Waals surface area contributed by atoms with Gasteiger partial charge in [0.05, 0.1) is 11.8 Å². The van der Waals surface area contributed by atoms with Crippen molar-refractivity contribution in [2.24, 2.45) is 11.3 Å². The molecule has 1 unspecified atom stereocenters. The second-order valence-electron chi connectivity index (χ2n) is 7.07. The lowest BCUT2D eigenvalue weighted by atomic mass is 9.71. The van der Waals surface area contributed by atoms with E-state index in [1.54, 1.807) is 0 Å². The quantitative estimate of drug-likeness (QED) is 0.894. The molecule has 1 aromatic rings. The molecule has 1 aromatic heterocycles. The van der Waals surface area contributed by atoms with Gasteiger partial charge in [-0.05, 0) is 56.4 Å². The molecule has 0 spiro atoms. The minimum absolute atomic E-state index is 0.210. The molecule has 114 valence electrons. The number of nitrogens with zero attached hydrogens (tertiary/aromatic N) is 2. The summed E-state index contributed by atoms with van der Waals surface area (Å²) < 4.78 is 2.05. The molecular formula is C17H30N2O. The number of rotatable bonds is 5. The predicted molar refractivity (Wildman–Crippen MR) is 82.7 cm³/mol. The first kappa shape index (κ1) is 15.6. The molecule has 1 aliphatic carbocycles. The van der Waals surface area contributed by atoms with Crippen LogP contribution in [0.4, 0.5) is 0 Å². The Balaban J connectivity index is 1.97. The third-order valence-electron chi connectivity index (χ3n) is 4.92. The third-order valence-corrected chi connectivity index (χ3v) is 4.92. The van der Waals surface area contributed by atoms with E-state index in [1.807, 2.05) is 0 Å². The third kappa shape index (κ3) is 3.63. The first-order valence-electron chi connectivity index (χ1n) is 8.19. The summed E-state index contributed by atoms with van der Waals surface area (Å²) in [5, 5.41) is 15.1. The van der Waals surface area contributed by atoms with E-state index >= 15 is 0 Å². The summed E-state index contributed by atoms with van der Waals surface area (Å²) in [6.45, 7) is 9.82. The average Bonchev–Trinajstić information content (AvgIpc) is 2.80. The zero-order chi connectivity index (χ0) is 14.8. The lowest BCUT2D eigenvalue weighted by molar-refractivity contribution is 0.0563. The van der Waals surface area contributed by atoms with Crippen LogP contribution in [0.5, 0.6) is 0 Å². The van der Waals surface area contributed by atoms with Crippen LogP contribution in [0.1, 0.15) is 64.8 Å². The normalized spacial score (nSPS) is 21.1. The summed E-state index contributed by atoms with van der Waals surface area (Å²) in [5.41, 5.74) is 2.80. The molecule has 3 heteroatoms. The van der Waals surface area contributed by atoms with Gasteiger partial charge < -0.3 is 5.11 Å². The van der Waals surface area contributed by atoms with E-state index in [9.17, 15) is 5.11 Å². The lowest BCUT2D eigenvalue weighted by Crippen LogP contribution is -2.30. The molecule has 1 N–H and O–H groups in total. The Morgan fingerprint density at radius 1 is 1.35 bits per heavy atom. The number of aliphatic hydroxyl groups is 1. The van der Waals surface area contributed by atoms with Gasteiger partial charge in [0.1, 0.15) is 0 Å².